The number of aliphatic imine (C=N–C) groups is 1. The highest BCUT2D eigenvalue weighted by Crippen LogP contribution is 2.21. The lowest BCUT2D eigenvalue weighted by atomic mass is 10.1. The number of nitrogens with one attached hydrogen (secondary N) is 2. The highest BCUT2D eigenvalue weighted by atomic mass is 16.5. The van der Waals surface area contributed by atoms with Gasteiger partial charge in [0.15, 0.2) is 5.96 Å². The zero-order chi connectivity index (χ0) is 16.9. The predicted octanol–water partition coefficient (Wildman–Crippen LogP) is 1.46. The third-order valence-corrected chi connectivity index (χ3v) is 3.07. The largest absolute Gasteiger partial charge is 0.491 e. The van der Waals surface area contributed by atoms with Crippen LogP contribution in [0, 0.1) is 6.92 Å². The number of aliphatic hydroxyl groups is 1. The van der Waals surface area contributed by atoms with Gasteiger partial charge in [-0.1, -0.05) is 12.1 Å². The first-order valence-corrected chi connectivity index (χ1v) is 8.14. The van der Waals surface area contributed by atoms with E-state index in [1.165, 1.54) is 0 Å². The lowest BCUT2D eigenvalue weighted by Gasteiger charge is -2.13. The van der Waals surface area contributed by atoms with Crippen molar-refractivity contribution in [2.75, 3.05) is 39.5 Å². The molecule has 0 aliphatic heterocycles. The number of guanidine groups is 1. The van der Waals surface area contributed by atoms with E-state index >= 15 is 0 Å². The molecule has 1 aromatic rings. The summed E-state index contributed by atoms with van der Waals surface area (Å²) in [6.45, 7) is 9.61. The quantitative estimate of drug-likeness (QED) is 0.345. The maximum atomic E-state index is 8.91. The molecular weight excluding hydrogens is 294 g/mol. The Labute approximate surface area is 138 Å². The van der Waals surface area contributed by atoms with E-state index in [4.69, 9.17) is 14.6 Å². The fourth-order valence-corrected chi connectivity index (χ4v) is 1.96. The second-order valence-corrected chi connectivity index (χ2v) is 5.00. The molecular formula is C17H29N3O3. The van der Waals surface area contributed by atoms with Crippen molar-refractivity contribution in [1.29, 1.82) is 0 Å². The molecule has 6 heteroatoms. The molecule has 6 nitrogen and oxygen atoms in total. The van der Waals surface area contributed by atoms with Crippen LogP contribution in [0.1, 0.15) is 25.0 Å². The zero-order valence-electron chi connectivity index (χ0n) is 14.4. The SMILES string of the molecule is CCNC(=NCc1ccc(C)cc1OCCOCC)NCCO. The smallest absolute Gasteiger partial charge is 0.191 e. The topological polar surface area (TPSA) is 75.1 Å². The Hall–Kier alpha value is -1.79. The monoisotopic (exact) mass is 323 g/mol. The van der Waals surface area contributed by atoms with Crippen LogP contribution in [0.2, 0.25) is 0 Å². The number of aliphatic hydroxyl groups excluding tert-OH is 1. The molecule has 0 saturated heterocycles. The van der Waals surface area contributed by atoms with Crippen molar-refractivity contribution >= 4 is 5.96 Å². The van der Waals surface area contributed by atoms with Crippen LogP contribution in [0.15, 0.2) is 23.2 Å². The maximum Gasteiger partial charge on any atom is 0.191 e. The molecule has 0 bridgehead atoms. The lowest BCUT2D eigenvalue weighted by Crippen LogP contribution is -2.38. The van der Waals surface area contributed by atoms with Crippen LogP contribution in [0.3, 0.4) is 0 Å². The average molecular weight is 323 g/mol. The summed E-state index contributed by atoms with van der Waals surface area (Å²) in [5.74, 6) is 1.52. The van der Waals surface area contributed by atoms with Crippen LogP contribution in [0.5, 0.6) is 5.75 Å². The number of rotatable bonds is 10. The van der Waals surface area contributed by atoms with Crippen LogP contribution < -0.4 is 15.4 Å². The van der Waals surface area contributed by atoms with Gasteiger partial charge in [0.1, 0.15) is 12.4 Å². The Balaban J connectivity index is 2.72. The minimum absolute atomic E-state index is 0.0702. The molecule has 1 aromatic carbocycles. The number of benzene rings is 1. The third-order valence-electron chi connectivity index (χ3n) is 3.07. The van der Waals surface area contributed by atoms with Crippen molar-refractivity contribution in [3.8, 4) is 5.75 Å². The van der Waals surface area contributed by atoms with E-state index in [9.17, 15) is 0 Å². The molecule has 0 fully saturated rings. The summed E-state index contributed by atoms with van der Waals surface area (Å²) < 4.78 is 11.1. The molecule has 0 amide bonds. The van der Waals surface area contributed by atoms with Gasteiger partial charge in [-0.3, -0.25) is 0 Å². The summed E-state index contributed by atoms with van der Waals surface area (Å²) in [5.41, 5.74) is 2.17. The van der Waals surface area contributed by atoms with Gasteiger partial charge in [-0.05, 0) is 32.4 Å². The molecule has 0 spiro atoms. The van der Waals surface area contributed by atoms with Gasteiger partial charge in [0.05, 0.1) is 19.8 Å². The first-order chi connectivity index (χ1) is 11.2. The van der Waals surface area contributed by atoms with Crippen LogP contribution in [0.25, 0.3) is 0 Å². The van der Waals surface area contributed by atoms with Gasteiger partial charge in [0.2, 0.25) is 0 Å². The highest BCUT2D eigenvalue weighted by molar-refractivity contribution is 5.79. The summed E-state index contributed by atoms with van der Waals surface area (Å²) in [7, 11) is 0. The van der Waals surface area contributed by atoms with Gasteiger partial charge in [-0.15, -0.1) is 0 Å². The zero-order valence-corrected chi connectivity index (χ0v) is 14.4. The molecule has 0 heterocycles. The molecule has 1 rings (SSSR count). The van der Waals surface area contributed by atoms with E-state index in [1.807, 2.05) is 39.0 Å². The molecule has 130 valence electrons. The Kier molecular flexibility index (Phi) is 9.83. The van der Waals surface area contributed by atoms with E-state index in [2.05, 4.69) is 15.6 Å². The molecule has 0 aliphatic rings. The number of ether oxygens (including phenoxy) is 2. The van der Waals surface area contributed by atoms with E-state index < -0.39 is 0 Å². The lowest BCUT2D eigenvalue weighted by molar-refractivity contribution is 0.110. The third kappa shape index (κ3) is 7.85. The Morgan fingerprint density at radius 3 is 2.74 bits per heavy atom. The number of aryl methyl sites for hydroxylation is 1. The van der Waals surface area contributed by atoms with Gasteiger partial charge >= 0.3 is 0 Å². The van der Waals surface area contributed by atoms with Gasteiger partial charge in [-0.25, -0.2) is 4.99 Å². The first kappa shape index (κ1) is 19.3. The summed E-state index contributed by atoms with van der Waals surface area (Å²) >= 11 is 0. The molecule has 0 aromatic heterocycles. The van der Waals surface area contributed by atoms with Gasteiger partial charge < -0.3 is 25.2 Å². The number of nitrogens with zero attached hydrogens (tertiary/aromatic N) is 1. The summed E-state index contributed by atoms with van der Waals surface area (Å²) in [5, 5.41) is 15.1. The van der Waals surface area contributed by atoms with E-state index in [0.29, 0.717) is 38.9 Å². The number of hydrogen-bond donors (Lipinski definition) is 3. The summed E-state index contributed by atoms with van der Waals surface area (Å²) in [6, 6.07) is 6.10. The normalized spacial score (nSPS) is 11.4. The summed E-state index contributed by atoms with van der Waals surface area (Å²) in [4.78, 5) is 4.53. The van der Waals surface area contributed by atoms with Crippen LogP contribution in [0.4, 0.5) is 0 Å². The minimum atomic E-state index is 0.0702. The van der Waals surface area contributed by atoms with Crippen molar-refractivity contribution in [1.82, 2.24) is 10.6 Å². The van der Waals surface area contributed by atoms with Crippen molar-refractivity contribution < 1.29 is 14.6 Å². The average Bonchev–Trinajstić information content (AvgIpc) is 2.55. The second kappa shape index (κ2) is 11.7. The van der Waals surface area contributed by atoms with Crippen molar-refractivity contribution in [3.05, 3.63) is 29.3 Å². The maximum absolute atomic E-state index is 8.91. The summed E-state index contributed by atoms with van der Waals surface area (Å²) in [6.07, 6.45) is 0. The van der Waals surface area contributed by atoms with Crippen LogP contribution >= 0.6 is 0 Å². The van der Waals surface area contributed by atoms with Gasteiger partial charge in [0, 0.05) is 25.3 Å². The molecule has 0 aliphatic carbocycles. The fourth-order valence-electron chi connectivity index (χ4n) is 1.96. The van der Waals surface area contributed by atoms with Gasteiger partial charge in [-0.2, -0.15) is 0 Å². The van der Waals surface area contributed by atoms with Gasteiger partial charge in [0.25, 0.3) is 0 Å². The van der Waals surface area contributed by atoms with Crippen molar-refractivity contribution in [3.63, 3.8) is 0 Å². The first-order valence-electron chi connectivity index (χ1n) is 8.14. The highest BCUT2D eigenvalue weighted by Gasteiger charge is 2.05. The van der Waals surface area contributed by atoms with Crippen molar-refractivity contribution in [2.24, 2.45) is 4.99 Å². The van der Waals surface area contributed by atoms with Crippen LogP contribution in [-0.2, 0) is 11.3 Å². The molecule has 0 radical (unpaired) electrons. The fraction of sp³-hybridized carbons (Fsp3) is 0.588. The van der Waals surface area contributed by atoms with E-state index in [1.54, 1.807) is 0 Å². The Morgan fingerprint density at radius 1 is 1.22 bits per heavy atom. The molecule has 0 unspecified atom stereocenters. The minimum Gasteiger partial charge on any atom is -0.491 e. The number of hydrogen-bond acceptors (Lipinski definition) is 4. The standard InChI is InChI=1S/C17H29N3O3/c1-4-18-17(19-8-9-21)20-13-15-7-6-14(3)12-16(15)23-11-10-22-5-2/h6-7,12,21H,4-5,8-11,13H2,1-3H3,(H2,18,19,20). The Morgan fingerprint density at radius 2 is 2.04 bits per heavy atom. The molecule has 3 N–H and O–H groups in total. The molecule has 0 saturated carbocycles. The molecule has 23 heavy (non-hydrogen) atoms. The van der Waals surface area contributed by atoms with E-state index in [0.717, 1.165) is 23.4 Å². The predicted molar refractivity (Wildman–Crippen MR) is 93.1 cm³/mol. The van der Waals surface area contributed by atoms with Crippen LogP contribution in [-0.4, -0.2) is 50.6 Å². The Bertz CT molecular complexity index is 478. The molecule has 0 atom stereocenters. The van der Waals surface area contributed by atoms with Crippen molar-refractivity contribution in [2.45, 2.75) is 27.3 Å². The van der Waals surface area contributed by atoms with E-state index in [-0.39, 0.29) is 6.61 Å². The second-order valence-electron chi connectivity index (χ2n) is 5.00.